The maximum absolute atomic E-state index is 2.62. The predicted molar refractivity (Wildman–Crippen MR) is 249 cm³/mol. The smallest absolute Gasteiger partial charge is 0.0541 e. The summed E-state index contributed by atoms with van der Waals surface area (Å²) in [4.78, 5) is 0. The molecule has 2 heterocycles. The van der Waals surface area contributed by atoms with E-state index < -0.39 is 0 Å². The lowest BCUT2D eigenvalue weighted by Crippen LogP contribution is -2.55. The topological polar surface area (TPSA) is 9.86 Å². The van der Waals surface area contributed by atoms with Crippen molar-refractivity contribution in [1.82, 2.24) is 9.13 Å². The molecule has 8 aromatic carbocycles. The summed E-state index contributed by atoms with van der Waals surface area (Å²) in [5.74, 6) is 3.44. The summed E-state index contributed by atoms with van der Waals surface area (Å²) >= 11 is 0. The van der Waals surface area contributed by atoms with E-state index in [4.69, 9.17) is 0 Å². The maximum Gasteiger partial charge on any atom is 0.0541 e. The van der Waals surface area contributed by atoms with Crippen molar-refractivity contribution in [3.8, 4) is 44.8 Å². The summed E-state index contributed by atoms with van der Waals surface area (Å²) in [5.41, 5.74) is 18.8. The van der Waals surface area contributed by atoms with Crippen LogP contribution in [0.25, 0.3) is 88.4 Å². The van der Waals surface area contributed by atoms with Crippen LogP contribution >= 0.6 is 0 Å². The zero-order chi connectivity index (χ0) is 39.1. The van der Waals surface area contributed by atoms with Gasteiger partial charge in [0.15, 0.2) is 0 Å². The molecule has 4 bridgehead atoms. The molecule has 0 aliphatic heterocycles. The minimum absolute atomic E-state index is 0.184. The molecular formula is C58H44N2. The van der Waals surface area contributed by atoms with Crippen molar-refractivity contribution >= 4 is 43.6 Å². The molecule has 2 aromatic heterocycles. The summed E-state index contributed by atoms with van der Waals surface area (Å²) in [6.07, 6.45) is 7.13. The maximum atomic E-state index is 2.62. The largest absolute Gasteiger partial charge is 0.309 e. The van der Waals surface area contributed by atoms with Gasteiger partial charge in [0.2, 0.25) is 0 Å². The number of hydrogen-bond acceptors (Lipinski definition) is 0. The molecule has 4 saturated carbocycles. The van der Waals surface area contributed by atoms with Gasteiger partial charge in [-0.1, -0.05) is 115 Å². The van der Waals surface area contributed by atoms with E-state index in [-0.39, 0.29) is 5.41 Å². The van der Waals surface area contributed by atoms with Crippen molar-refractivity contribution in [2.75, 3.05) is 0 Å². The van der Waals surface area contributed by atoms with Gasteiger partial charge in [0.25, 0.3) is 0 Å². The second kappa shape index (κ2) is 12.2. The molecule has 0 radical (unpaired) electrons. The van der Waals surface area contributed by atoms with Crippen LogP contribution in [0.3, 0.4) is 0 Å². The number of benzene rings is 8. The summed E-state index contributed by atoms with van der Waals surface area (Å²) in [7, 11) is 0. The van der Waals surface area contributed by atoms with Crippen molar-refractivity contribution in [2.24, 2.45) is 23.7 Å². The third-order valence-corrected chi connectivity index (χ3v) is 15.7. The van der Waals surface area contributed by atoms with Crippen LogP contribution in [-0.2, 0) is 5.41 Å². The molecule has 0 N–H and O–H groups in total. The molecule has 15 rings (SSSR count). The van der Waals surface area contributed by atoms with Crippen LogP contribution in [-0.4, -0.2) is 9.13 Å². The molecule has 286 valence electrons. The Morgan fingerprint density at radius 3 is 1.43 bits per heavy atom. The van der Waals surface area contributed by atoms with Gasteiger partial charge in [-0.05, 0) is 167 Å². The van der Waals surface area contributed by atoms with Gasteiger partial charge >= 0.3 is 0 Å². The predicted octanol–water partition coefficient (Wildman–Crippen LogP) is 14.9. The van der Waals surface area contributed by atoms with Crippen LogP contribution < -0.4 is 0 Å². The molecular weight excluding hydrogens is 725 g/mol. The number of fused-ring (bicyclic) bond motifs is 9. The Labute approximate surface area is 350 Å². The van der Waals surface area contributed by atoms with Gasteiger partial charge < -0.3 is 9.13 Å². The van der Waals surface area contributed by atoms with Gasteiger partial charge in [0, 0.05) is 38.3 Å². The first-order valence-electron chi connectivity index (χ1n) is 22.2. The Morgan fingerprint density at radius 2 is 0.800 bits per heavy atom. The summed E-state index contributed by atoms with van der Waals surface area (Å²) < 4.78 is 4.84. The van der Waals surface area contributed by atoms with E-state index in [1.165, 1.54) is 120 Å². The lowest BCUT2D eigenvalue weighted by molar-refractivity contribution is -0.0399. The molecule has 60 heavy (non-hydrogen) atoms. The van der Waals surface area contributed by atoms with Crippen molar-refractivity contribution in [2.45, 2.75) is 37.5 Å². The van der Waals surface area contributed by atoms with E-state index in [9.17, 15) is 0 Å². The molecule has 5 aliphatic carbocycles. The molecule has 0 saturated heterocycles. The van der Waals surface area contributed by atoms with E-state index in [1.54, 1.807) is 11.1 Å². The fourth-order valence-corrected chi connectivity index (χ4v) is 13.6. The van der Waals surface area contributed by atoms with Crippen LogP contribution in [0.4, 0.5) is 0 Å². The molecule has 5 aliphatic rings. The molecule has 4 fully saturated rings. The number of rotatable bonds is 4. The molecule has 0 unspecified atom stereocenters. The lowest BCUT2D eigenvalue weighted by Gasteiger charge is -2.61. The van der Waals surface area contributed by atoms with Crippen molar-refractivity contribution in [3.05, 3.63) is 193 Å². The second-order valence-electron chi connectivity index (χ2n) is 18.5. The number of aromatic nitrogens is 2. The van der Waals surface area contributed by atoms with Crippen LogP contribution in [0.2, 0.25) is 0 Å². The fraction of sp³-hybridized carbons (Fsp3) is 0.172. The number of hydrogen-bond donors (Lipinski definition) is 0. The Kier molecular flexibility index (Phi) is 6.76. The average Bonchev–Trinajstić information content (AvgIpc) is 3.92. The van der Waals surface area contributed by atoms with Gasteiger partial charge in [-0.2, -0.15) is 0 Å². The third kappa shape index (κ3) is 4.44. The standard InChI is InChI=1S/C58H44N2/c1-2-10-44(11-3-1)59-54-16-8-5-13-48(54)50-33-39(21-26-56(50)59)40-22-27-57-51(34-40)49-14-6-9-17-55(49)60(57)45-23-18-38(19-24-45)41-20-25-47-46-12-4-7-15-52(46)58(53(47)35-41)42-29-36-28-37(31-42)32-43(58)30-36/h1-27,33-37,42-43H,28-32H2. The average molecular weight is 769 g/mol. The lowest BCUT2D eigenvalue weighted by atomic mass is 9.43. The molecule has 10 aromatic rings. The van der Waals surface area contributed by atoms with E-state index in [0.717, 1.165) is 23.7 Å². The SMILES string of the molecule is c1ccc(-n2c3ccccc3c3cc(-c4ccc5c(c4)c4ccccc4n5-c4ccc(-c5ccc6c(c5)C5(c7ccccc7-6)C6CC7CC(C6)CC5C7)cc4)ccc32)cc1. The number of para-hydroxylation sites is 3. The highest BCUT2D eigenvalue weighted by Crippen LogP contribution is 2.69. The van der Waals surface area contributed by atoms with Gasteiger partial charge in [0.05, 0.1) is 22.1 Å². The molecule has 0 amide bonds. The van der Waals surface area contributed by atoms with Gasteiger partial charge in [-0.25, -0.2) is 0 Å². The zero-order valence-corrected chi connectivity index (χ0v) is 33.6. The van der Waals surface area contributed by atoms with Crippen LogP contribution in [0.15, 0.2) is 182 Å². The molecule has 2 heteroatoms. The summed E-state index contributed by atoms with van der Waals surface area (Å²) in [6.45, 7) is 0. The van der Waals surface area contributed by atoms with E-state index in [1.807, 2.05) is 0 Å². The Balaban J connectivity index is 0.856. The highest BCUT2D eigenvalue weighted by atomic mass is 15.0. The quantitative estimate of drug-likeness (QED) is 0.169. The minimum Gasteiger partial charge on any atom is -0.309 e. The zero-order valence-electron chi connectivity index (χ0n) is 33.6. The minimum atomic E-state index is 0.184. The summed E-state index contributed by atoms with van der Waals surface area (Å²) in [5, 5.41) is 5.10. The first-order valence-corrected chi connectivity index (χ1v) is 22.2. The van der Waals surface area contributed by atoms with Gasteiger partial charge in [-0.3, -0.25) is 0 Å². The highest BCUT2D eigenvalue weighted by molar-refractivity contribution is 6.12. The van der Waals surface area contributed by atoms with Crippen LogP contribution in [0.5, 0.6) is 0 Å². The van der Waals surface area contributed by atoms with Crippen molar-refractivity contribution in [3.63, 3.8) is 0 Å². The molecule has 2 nitrogen and oxygen atoms in total. The van der Waals surface area contributed by atoms with Crippen LogP contribution in [0.1, 0.15) is 43.2 Å². The fourth-order valence-electron chi connectivity index (χ4n) is 13.6. The van der Waals surface area contributed by atoms with Crippen LogP contribution in [0, 0.1) is 23.7 Å². The van der Waals surface area contributed by atoms with Crippen molar-refractivity contribution in [1.29, 1.82) is 0 Å². The Morgan fingerprint density at radius 1 is 0.333 bits per heavy atom. The van der Waals surface area contributed by atoms with E-state index in [0.29, 0.717) is 0 Å². The normalized spacial score (nSPS) is 22.4. The first-order chi connectivity index (χ1) is 29.7. The van der Waals surface area contributed by atoms with Gasteiger partial charge in [0.1, 0.15) is 0 Å². The van der Waals surface area contributed by atoms with E-state index in [2.05, 4.69) is 191 Å². The summed E-state index contributed by atoms with van der Waals surface area (Å²) in [6, 6.07) is 68.8. The molecule has 1 spiro atoms. The van der Waals surface area contributed by atoms with E-state index >= 15 is 0 Å². The third-order valence-electron chi connectivity index (χ3n) is 15.7. The first kappa shape index (κ1) is 33.2. The monoisotopic (exact) mass is 768 g/mol. The van der Waals surface area contributed by atoms with Gasteiger partial charge in [-0.15, -0.1) is 0 Å². The highest BCUT2D eigenvalue weighted by Gasteiger charge is 2.61. The Bertz CT molecular complexity index is 3350. The molecule has 0 atom stereocenters. The number of nitrogens with zero attached hydrogens (tertiary/aromatic N) is 2. The second-order valence-corrected chi connectivity index (χ2v) is 18.5. The Hall–Kier alpha value is -6.64. The van der Waals surface area contributed by atoms with Crippen molar-refractivity contribution < 1.29 is 0 Å².